The molecule has 2 unspecified atom stereocenters. The van der Waals surface area contributed by atoms with Crippen molar-refractivity contribution >= 4 is 11.8 Å². The predicted octanol–water partition coefficient (Wildman–Crippen LogP) is 5.79. The number of benzene rings is 2. The summed E-state index contributed by atoms with van der Waals surface area (Å²) in [7, 11) is 0. The van der Waals surface area contributed by atoms with E-state index in [4.69, 9.17) is 5.73 Å². The fraction of sp³-hybridized carbons (Fsp3) is 0.267. The number of hydrogen-bond donors (Lipinski definition) is 2. The van der Waals surface area contributed by atoms with Crippen LogP contribution in [0.5, 0.6) is 0 Å². The van der Waals surface area contributed by atoms with Crippen LogP contribution in [0.3, 0.4) is 0 Å². The average Bonchev–Trinajstić information content (AvgIpc) is 3.61. The van der Waals surface area contributed by atoms with Crippen molar-refractivity contribution < 1.29 is 44.7 Å². The molecule has 2 aliphatic carbocycles. The first-order chi connectivity index (χ1) is 21.1. The lowest BCUT2D eigenvalue weighted by atomic mass is 9.94. The number of amides is 2. The summed E-state index contributed by atoms with van der Waals surface area (Å²) < 4.78 is 114. The van der Waals surface area contributed by atoms with Gasteiger partial charge in [0.2, 0.25) is 5.91 Å². The van der Waals surface area contributed by atoms with Crippen LogP contribution in [0.25, 0.3) is 11.1 Å². The standard InChI is InChI=1S/C30H21F8N5O2/c31-15-6-13(7-16(32)10-15)8-22(25-17(2-1-5-40-25)14-3-4-21(33)19(9-14)28(39)45)41-23(44)12-43-27(30(36,37)38)24-26(42-43)18-11-20(18)29(24,34)35/h1-7,9-10,18,20,22H,8,11-12H2,(H2,39,45)(H,41,44)/t18?,20?,22-/m0/s1. The molecule has 15 heteroatoms. The van der Waals surface area contributed by atoms with E-state index in [2.05, 4.69) is 15.4 Å². The number of hydrogen-bond acceptors (Lipinski definition) is 4. The summed E-state index contributed by atoms with van der Waals surface area (Å²) >= 11 is 0. The van der Waals surface area contributed by atoms with Crippen molar-refractivity contribution in [3.8, 4) is 11.1 Å². The van der Waals surface area contributed by atoms with Crippen molar-refractivity contribution in [3.05, 3.63) is 106 Å². The molecule has 0 radical (unpaired) electrons. The minimum Gasteiger partial charge on any atom is -0.366 e. The van der Waals surface area contributed by atoms with Crippen LogP contribution >= 0.6 is 0 Å². The van der Waals surface area contributed by atoms with Gasteiger partial charge in [-0.05, 0) is 54.3 Å². The normalized spacial score (nSPS) is 18.7. The number of carbonyl (C=O) groups is 2. The summed E-state index contributed by atoms with van der Waals surface area (Å²) in [6, 6.07) is 7.63. The van der Waals surface area contributed by atoms with Crippen molar-refractivity contribution in [2.24, 2.45) is 11.7 Å². The summed E-state index contributed by atoms with van der Waals surface area (Å²) in [5.41, 5.74) is 1.94. The topological polar surface area (TPSA) is 103 Å². The molecule has 2 aromatic heterocycles. The molecule has 3 N–H and O–H groups in total. The molecule has 1 fully saturated rings. The third-order valence-corrected chi connectivity index (χ3v) is 7.89. The van der Waals surface area contributed by atoms with Gasteiger partial charge in [0.25, 0.3) is 11.8 Å². The van der Waals surface area contributed by atoms with Crippen LogP contribution in [0, 0.1) is 23.4 Å². The highest BCUT2D eigenvalue weighted by molar-refractivity contribution is 5.94. The van der Waals surface area contributed by atoms with Gasteiger partial charge in [0, 0.05) is 29.7 Å². The molecular formula is C30H21F8N5O2. The van der Waals surface area contributed by atoms with E-state index < -0.39 is 88.3 Å². The molecule has 2 amide bonds. The minimum atomic E-state index is -5.26. The Labute approximate surface area is 249 Å². The lowest BCUT2D eigenvalue weighted by Gasteiger charge is -2.22. The molecule has 2 aromatic carbocycles. The average molecular weight is 636 g/mol. The first-order valence-corrected chi connectivity index (χ1v) is 13.5. The number of fused-ring (bicyclic) bond motifs is 3. The monoisotopic (exact) mass is 635 g/mol. The first kappa shape index (κ1) is 30.2. The summed E-state index contributed by atoms with van der Waals surface area (Å²) in [6.07, 6.45) is -4.31. The smallest absolute Gasteiger partial charge is 0.366 e. The largest absolute Gasteiger partial charge is 0.433 e. The summed E-state index contributed by atoms with van der Waals surface area (Å²) in [5.74, 6) is -10.8. The van der Waals surface area contributed by atoms with Crippen molar-refractivity contribution in [2.45, 2.75) is 43.4 Å². The summed E-state index contributed by atoms with van der Waals surface area (Å²) in [6.45, 7) is -1.12. The highest BCUT2D eigenvalue weighted by atomic mass is 19.4. The van der Waals surface area contributed by atoms with Crippen molar-refractivity contribution in [2.75, 3.05) is 0 Å². The van der Waals surface area contributed by atoms with Gasteiger partial charge in [-0.25, -0.2) is 22.0 Å². The molecule has 0 bridgehead atoms. The van der Waals surface area contributed by atoms with Gasteiger partial charge < -0.3 is 11.1 Å². The molecule has 2 aliphatic rings. The number of pyridine rings is 1. The van der Waals surface area contributed by atoms with Crippen molar-refractivity contribution in [3.63, 3.8) is 0 Å². The number of rotatable bonds is 8. The number of carbonyl (C=O) groups excluding carboxylic acids is 2. The second-order valence-electron chi connectivity index (χ2n) is 10.9. The van der Waals surface area contributed by atoms with Gasteiger partial charge in [-0.2, -0.15) is 18.3 Å². The minimum absolute atomic E-state index is 0.0178. The van der Waals surface area contributed by atoms with Crippen LogP contribution < -0.4 is 11.1 Å². The summed E-state index contributed by atoms with van der Waals surface area (Å²) in [4.78, 5) is 29.3. The zero-order chi connectivity index (χ0) is 32.4. The van der Waals surface area contributed by atoms with E-state index in [9.17, 15) is 44.7 Å². The van der Waals surface area contributed by atoms with Gasteiger partial charge in [-0.1, -0.05) is 12.1 Å². The number of nitrogens with two attached hydrogens (primary N) is 1. The van der Waals surface area contributed by atoms with Gasteiger partial charge in [0.05, 0.1) is 28.6 Å². The third kappa shape index (κ3) is 5.51. The van der Waals surface area contributed by atoms with Crippen molar-refractivity contribution in [1.82, 2.24) is 20.1 Å². The summed E-state index contributed by atoms with van der Waals surface area (Å²) in [5, 5.41) is 6.25. The van der Waals surface area contributed by atoms with Gasteiger partial charge >= 0.3 is 6.18 Å². The van der Waals surface area contributed by atoms with E-state index >= 15 is 0 Å². The SMILES string of the molecule is NC(=O)c1cc(-c2cccnc2[C@H](Cc2cc(F)cc(F)c2)NC(=O)Cn2nc3c(c2C(F)(F)F)C(F)(F)C2CC32)ccc1F. The number of aromatic nitrogens is 3. The lowest BCUT2D eigenvalue weighted by molar-refractivity contribution is -0.149. The Morgan fingerprint density at radius 1 is 1.07 bits per heavy atom. The fourth-order valence-electron chi connectivity index (χ4n) is 5.93. The van der Waals surface area contributed by atoms with Gasteiger partial charge in [0.1, 0.15) is 24.0 Å². The van der Waals surface area contributed by atoms with E-state index in [-0.39, 0.29) is 39.9 Å². The molecule has 0 spiro atoms. The van der Waals surface area contributed by atoms with E-state index in [0.29, 0.717) is 6.07 Å². The molecular weight excluding hydrogens is 614 g/mol. The number of nitrogens with one attached hydrogen (secondary N) is 1. The molecule has 1 saturated carbocycles. The Hall–Kier alpha value is -4.82. The van der Waals surface area contributed by atoms with Crippen LogP contribution in [0.1, 0.15) is 56.9 Å². The van der Waals surface area contributed by atoms with E-state index in [1.54, 1.807) is 0 Å². The molecule has 2 heterocycles. The van der Waals surface area contributed by atoms with E-state index in [1.165, 1.54) is 24.4 Å². The quantitative estimate of drug-likeness (QED) is 0.240. The molecule has 7 nitrogen and oxygen atoms in total. The first-order valence-electron chi connectivity index (χ1n) is 13.5. The number of halogens is 8. The zero-order valence-corrected chi connectivity index (χ0v) is 22.8. The maximum atomic E-state index is 14.8. The Morgan fingerprint density at radius 3 is 2.44 bits per heavy atom. The Kier molecular flexibility index (Phi) is 7.16. The highest BCUT2D eigenvalue weighted by Crippen LogP contribution is 2.68. The lowest BCUT2D eigenvalue weighted by Crippen LogP contribution is -2.35. The highest BCUT2D eigenvalue weighted by Gasteiger charge is 2.68. The Morgan fingerprint density at radius 2 is 1.78 bits per heavy atom. The van der Waals surface area contributed by atoms with Gasteiger partial charge in [-0.3, -0.25) is 19.3 Å². The van der Waals surface area contributed by atoms with Crippen molar-refractivity contribution in [1.29, 1.82) is 0 Å². The third-order valence-electron chi connectivity index (χ3n) is 7.89. The maximum Gasteiger partial charge on any atom is 0.433 e. The number of nitrogens with zero attached hydrogens (tertiary/aromatic N) is 3. The van der Waals surface area contributed by atoms with Crippen LogP contribution in [0.2, 0.25) is 0 Å². The Balaban J connectivity index is 1.38. The van der Waals surface area contributed by atoms with Gasteiger partial charge in [0.15, 0.2) is 5.69 Å². The second-order valence-corrected chi connectivity index (χ2v) is 10.9. The maximum absolute atomic E-state index is 14.8. The Bertz CT molecular complexity index is 1830. The number of alkyl halides is 5. The molecule has 0 saturated heterocycles. The predicted molar refractivity (Wildman–Crippen MR) is 141 cm³/mol. The number of primary amides is 1. The molecule has 234 valence electrons. The molecule has 4 aromatic rings. The van der Waals surface area contributed by atoms with Crippen LogP contribution in [0.4, 0.5) is 35.1 Å². The molecule has 0 aliphatic heterocycles. The van der Waals surface area contributed by atoms with Gasteiger partial charge in [-0.15, -0.1) is 0 Å². The molecule has 45 heavy (non-hydrogen) atoms. The second kappa shape index (κ2) is 10.7. The molecule has 6 rings (SSSR count). The zero-order valence-electron chi connectivity index (χ0n) is 22.8. The van der Waals surface area contributed by atoms with Crippen LogP contribution in [-0.4, -0.2) is 26.6 Å². The fourth-order valence-corrected chi connectivity index (χ4v) is 5.93. The van der Waals surface area contributed by atoms with Crippen LogP contribution in [0.15, 0.2) is 54.7 Å². The molecule has 3 atom stereocenters. The van der Waals surface area contributed by atoms with E-state index in [1.807, 2.05) is 0 Å². The van der Waals surface area contributed by atoms with Crippen LogP contribution in [-0.2, 0) is 29.9 Å². The van der Waals surface area contributed by atoms with E-state index in [0.717, 1.165) is 24.3 Å².